The Morgan fingerprint density at radius 2 is 0.357 bits per heavy atom. The molecule has 20 aromatic carbocycles. The molecule has 0 spiro atoms. The van der Waals surface area contributed by atoms with Crippen molar-refractivity contribution in [3.05, 3.63) is 467 Å². The number of rotatable bonds is 11. The Kier molecular flexibility index (Phi) is 18.1. The summed E-state index contributed by atoms with van der Waals surface area (Å²) in [6.07, 6.45) is 0. The second-order valence-electron chi connectivity index (χ2n) is 32.6. The standard InChI is InChI=1S/C42H27NO.C42H27NS.C36H23NO/c2*1-2-8-28(9-3-1)29-18-22-34(23-19-29)43-39-12-6-4-10-35(39)37-26-32(20-24-40(37)43)30-14-16-31(17-15-30)33-21-25-42-38(27-33)36-11-5-7-13-41(36)44-42;1-2-8-24(9-3-1)25-14-18-28(19-15-25)37-33-12-6-4-10-29(33)31-22-26(16-20-34(31)37)27-17-21-36-32(23-27)30-11-5-7-13-35(30)38-36/h2*1-27H;1-23H. The molecule has 5 nitrogen and oxygen atoms in total. The van der Waals surface area contributed by atoms with Gasteiger partial charge in [0.2, 0.25) is 0 Å². The number of nitrogens with zero attached hydrogens (tertiary/aromatic N) is 3. The molecule has 590 valence electrons. The van der Waals surface area contributed by atoms with E-state index in [4.69, 9.17) is 8.83 Å². The monoisotopic (exact) mass is 1620 g/mol. The van der Waals surface area contributed by atoms with E-state index in [1.165, 1.54) is 180 Å². The zero-order valence-electron chi connectivity index (χ0n) is 68.5. The van der Waals surface area contributed by atoms with E-state index in [0.29, 0.717) is 0 Å². The Labute approximate surface area is 731 Å². The van der Waals surface area contributed by atoms with Gasteiger partial charge in [-0.15, -0.1) is 11.3 Å². The Hall–Kier alpha value is -16.4. The number of aromatic nitrogens is 3. The summed E-state index contributed by atoms with van der Waals surface area (Å²) in [5.41, 5.74) is 34.0. The normalized spacial score (nSPS) is 11.7. The van der Waals surface area contributed by atoms with E-state index in [0.717, 1.165) is 55.3 Å². The molecule has 26 aromatic rings. The number of para-hydroxylation sites is 5. The molecule has 0 radical (unpaired) electrons. The van der Waals surface area contributed by atoms with Crippen molar-refractivity contribution >= 4 is 141 Å². The molecule has 0 fully saturated rings. The summed E-state index contributed by atoms with van der Waals surface area (Å²) in [7, 11) is 0. The van der Waals surface area contributed by atoms with Crippen LogP contribution in [0.5, 0.6) is 0 Å². The fourth-order valence-electron chi connectivity index (χ4n) is 19.0. The van der Waals surface area contributed by atoms with E-state index in [1.807, 2.05) is 35.6 Å². The molecule has 0 bridgehead atoms. The van der Waals surface area contributed by atoms with Crippen molar-refractivity contribution in [3.63, 3.8) is 0 Å². The highest BCUT2D eigenvalue weighted by molar-refractivity contribution is 7.25. The van der Waals surface area contributed by atoms with Gasteiger partial charge in [0.25, 0.3) is 0 Å². The average Bonchev–Trinajstić information content (AvgIpc) is 1.60. The molecule has 6 aromatic heterocycles. The average molecular weight is 1630 g/mol. The largest absolute Gasteiger partial charge is 0.456 e. The summed E-state index contributed by atoms with van der Waals surface area (Å²) in [5.74, 6) is 0. The smallest absolute Gasteiger partial charge is 0.135 e. The molecule has 0 aliphatic carbocycles. The minimum absolute atomic E-state index is 0.922. The van der Waals surface area contributed by atoms with Crippen LogP contribution in [-0.4, -0.2) is 13.7 Å². The van der Waals surface area contributed by atoms with E-state index in [9.17, 15) is 0 Å². The molecule has 0 amide bonds. The van der Waals surface area contributed by atoms with Crippen LogP contribution < -0.4 is 0 Å². The molecule has 0 saturated heterocycles. The molecule has 6 heterocycles. The SMILES string of the molecule is c1ccc(-c2ccc(-n3c4ccccc4c4cc(-c5ccc(-c6ccc7oc8ccccc8c7c6)cc5)ccc43)cc2)cc1.c1ccc(-c2ccc(-n3c4ccccc4c4cc(-c5ccc(-c6ccc7sc8ccccc8c7c6)cc5)ccc43)cc2)cc1.c1ccc(-c2ccc(-n3c4ccccc4c4cc(-c5ccc6oc7ccccc7c6c5)ccc43)cc2)cc1. The number of furan rings is 2. The van der Waals surface area contributed by atoms with Crippen molar-refractivity contribution in [1.29, 1.82) is 0 Å². The van der Waals surface area contributed by atoms with Crippen molar-refractivity contribution in [3.8, 4) is 106 Å². The Morgan fingerprint density at radius 3 is 0.722 bits per heavy atom. The van der Waals surface area contributed by atoms with Gasteiger partial charge in [-0.2, -0.15) is 0 Å². The first-order valence-corrected chi connectivity index (χ1v) is 43.8. The number of benzene rings is 20. The first kappa shape index (κ1) is 73.5. The van der Waals surface area contributed by atoms with Crippen molar-refractivity contribution in [1.82, 2.24) is 13.7 Å². The summed E-state index contributed by atoms with van der Waals surface area (Å²) in [4.78, 5) is 0. The lowest BCUT2D eigenvalue weighted by molar-refractivity contribution is 0.668. The third-order valence-electron chi connectivity index (χ3n) is 25.3. The zero-order valence-corrected chi connectivity index (χ0v) is 69.3. The van der Waals surface area contributed by atoms with Gasteiger partial charge in [0.1, 0.15) is 22.3 Å². The molecule has 0 N–H and O–H groups in total. The molecule has 126 heavy (non-hydrogen) atoms. The Balaban J connectivity index is 0.000000106. The fraction of sp³-hybridized carbons (Fsp3) is 0. The first-order chi connectivity index (χ1) is 62.4. The van der Waals surface area contributed by atoms with Crippen LogP contribution in [-0.2, 0) is 0 Å². The van der Waals surface area contributed by atoms with Gasteiger partial charge in [-0.25, -0.2) is 0 Å². The predicted molar refractivity (Wildman–Crippen MR) is 533 cm³/mol. The van der Waals surface area contributed by atoms with Crippen LogP contribution in [0.3, 0.4) is 0 Å². The molecule has 0 atom stereocenters. The van der Waals surface area contributed by atoms with E-state index in [-0.39, 0.29) is 0 Å². The lowest BCUT2D eigenvalue weighted by Gasteiger charge is -2.10. The third-order valence-corrected chi connectivity index (χ3v) is 26.4. The van der Waals surface area contributed by atoms with E-state index >= 15 is 0 Å². The number of thiophene rings is 1. The molecular weight excluding hydrogens is 1550 g/mol. The molecular formula is C120H77N3O2S. The van der Waals surface area contributed by atoms with Gasteiger partial charge in [-0.05, 0) is 235 Å². The van der Waals surface area contributed by atoms with Gasteiger partial charge in [0.15, 0.2) is 0 Å². The van der Waals surface area contributed by atoms with E-state index in [1.54, 1.807) is 0 Å². The molecule has 0 aliphatic rings. The van der Waals surface area contributed by atoms with Crippen LogP contribution in [0.2, 0.25) is 0 Å². The van der Waals surface area contributed by atoms with Crippen molar-refractivity contribution in [2.24, 2.45) is 0 Å². The van der Waals surface area contributed by atoms with Crippen molar-refractivity contribution in [2.45, 2.75) is 0 Å². The van der Waals surface area contributed by atoms with Gasteiger partial charge in [0, 0.05) is 91.1 Å². The predicted octanol–water partition coefficient (Wildman–Crippen LogP) is 33.9. The second-order valence-corrected chi connectivity index (χ2v) is 33.7. The van der Waals surface area contributed by atoms with E-state index in [2.05, 4.69) is 457 Å². The molecule has 0 saturated carbocycles. The highest BCUT2D eigenvalue weighted by Crippen LogP contribution is 2.44. The maximum atomic E-state index is 6.06. The lowest BCUT2D eigenvalue weighted by atomic mass is 9.98. The van der Waals surface area contributed by atoms with Crippen LogP contribution in [0.15, 0.2) is 476 Å². The van der Waals surface area contributed by atoms with Crippen LogP contribution in [0.4, 0.5) is 0 Å². The topological polar surface area (TPSA) is 41.1 Å². The molecule has 0 unspecified atom stereocenters. The summed E-state index contributed by atoms with van der Waals surface area (Å²) >= 11 is 1.86. The second kappa shape index (κ2) is 30.9. The van der Waals surface area contributed by atoms with Crippen LogP contribution in [0, 0.1) is 0 Å². The first-order valence-electron chi connectivity index (χ1n) is 43.0. The summed E-state index contributed by atoms with van der Waals surface area (Å²) in [6.45, 7) is 0. The maximum absolute atomic E-state index is 6.06. The minimum Gasteiger partial charge on any atom is -0.456 e. The van der Waals surface area contributed by atoms with Gasteiger partial charge in [0.05, 0.1) is 33.1 Å². The van der Waals surface area contributed by atoms with Crippen LogP contribution in [0.25, 0.3) is 236 Å². The Bertz CT molecular complexity index is 8300. The fourth-order valence-corrected chi connectivity index (χ4v) is 20.1. The van der Waals surface area contributed by atoms with Crippen LogP contribution >= 0.6 is 11.3 Å². The number of hydrogen-bond donors (Lipinski definition) is 0. The summed E-state index contributed by atoms with van der Waals surface area (Å²) < 4.78 is 21.9. The molecule has 26 rings (SSSR count). The highest BCUT2D eigenvalue weighted by atomic mass is 32.1. The molecule has 0 aliphatic heterocycles. The maximum Gasteiger partial charge on any atom is 0.135 e. The van der Waals surface area contributed by atoms with Crippen molar-refractivity contribution < 1.29 is 8.83 Å². The quantitative estimate of drug-likeness (QED) is 0.129. The minimum atomic E-state index is 0.922. The highest BCUT2D eigenvalue weighted by Gasteiger charge is 2.20. The van der Waals surface area contributed by atoms with E-state index < -0.39 is 0 Å². The van der Waals surface area contributed by atoms with Gasteiger partial charge in [-0.3, -0.25) is 0 Å². The number of fused-ring (bicyclic) bond motifs is 18. The molecule has 6 heteroatoms. The zero-order chi connectivity index (χ0) is 83.1. The Morgan fingerprint density at radius 1 is 0.135 bits per heavy atom. The van der Waals surface area contributed by atoms with Crippen molar-refractivity contribution in [2.75, 3.05) is 0 Å². The van der Waals surface area contributed by atoms with Gasteiger partial charge >= 0.3 is 0 Å². The lowest BCUT2D eigenvalue weighted by Crippen LogP contribution is -1.93. The summed E-state index contributed by atoms with van der Waals surface area (Å²) in [6, 6.07) is 168. The number of hydrogen-bond acceptors (Lipinski definition) is 3. The van der Waals surface area contributed by atoms with Gasteiger partial charge in [-0.1, -0.05) is 322 Å². The van der Waals surface area contributed by atoms with Crippen LogP contribution in [0.1, 0.15) is 0 Å². The third kappa shape index (κ3) is 13.1. The van der Waals surface area contributed by atoms with Gasteiger partial charge < -0.3 is 22.5 Å². The summed E-state index contributed by atoms with van der Waals surface area (Å²) in [5, 5.41) is 14.8.